The van der Waals surface area contributed by atoms with Crippen LogP contribution in [0.15, 0.2) is 45.7 Å². The van der Waals surface area contributed by atoms with E-state index < -0.39 is 0 Å². The maximum atomic E-state index is 12.9. The monoisotopic (exact) mass is 442 g/mol. The molecular weight excluding hydrogens is 416 g/mol. The lowest BCUT2D eigenvalue weighted by molar-refractivity contribution is -0.119. The van der Waals surface area contributed by atoms with Crippen LogP contribution in [0.25, 0.3) is 21.3 Å². The molecule has 158 valence electrons. The molecule has 0 aliphatic heterocycles. The predicted molar refractivity (Wildman–Crippen MR) is 124 cm³/mol. The van der Waals surface area contributed by atoms with Crippen LogP contribution in [0.3, 0.4) is 0 Å². The number of fused-ring (bicyclic) bond motifs is 1. The van der Waals surface area contributed by atoms with Crippen molar-refractivity contribution in [3.8, 4) is 11.1 Å². The predicted octanol–water partition coefficient (Wildman–Crippen LogP) is 4.16. The van der Waals surface area contributed by atoms with E-state index in [9.17, 15) is 9.59 Å². The van der Waals surface area contributed by atoms with Gasteiger partial charge in [-0.3, -0.25) is 9.59 Å². The first-order chi connectivity index (χ1) is 14.6. The SMILES string of the molecule is Nn1c(SCC(=O)NC2CCCCCCC2)nc2scc(-c3ccccc3)c2c1=O. The zero-order valence-electron chi connectivity index (χ0n) is 16.8. The number of amides is 1. The Morgan fingerprint density at radius 1 is 1.17 bits per heavy atom. The standard InChI is InChI=1S/C22H26N4O2S2/c23-26-21(28)19-17(15-9-5-4-6-10-15)13-29-20(19)25-22(26)30-14-18(27)24-16-11-7-2-1-3-8-12-16/h4-6,9-10,13,16H,1-3,7-8,11-12,14,23H2,(H,24,27). The minimum absolute atomic E-state index is 0.0314. The van der Waals surface area contributed by atoms with Crippen LogP contribution in [0.4, 0.5) is 0 Å². The van der Waals surface area contributed by atoms with Crippen LogP contribution in [0.2, 0.25) is 0 Å². The van der Waals surface area contributed by atoms with Gasteiger partial charge in [-0.05, 0) is 18.4 Å². The van der Waals surface area contributed by atoms with Crippen LogP contribution in [0.1, 0.15) is 44.9 Å². The van der Waals surface area contributed by atoms with Gasteiger partial charge in [0.15, 0.2) is 5.16 Å². The van der Waals surface area contributed by atoms with Gasteiger partial charge in [0, 0.05) is 17.0 Å². The normalized spacial score (nSPS) is 15.6. The highest BCUT2D eigenvalue weighted by Gasteiger charge is 2.18. The molecule has 4 rings (SSSR count). The van der Waals surface area contributed by atoms with E-state index in [0.29, 0.717) is 15.4 Å². The first kappa shape index (κ1) is 20.9. The lowest BCUT2D eigenvalue weighted by atomic mass is 9.97. The van der Waals surface area contributed by atoms with Gasteiger partial charge in [0.25, 0.3) is 5.56 Å². The second-order valence-electron chi connectivity index (χ2n) is 7.66. The Morgan fingerprint density at radius 2 is 1.87 bits per heavy atom. The first-order valence-electron chi connectivity index (χ1n) is 10.4. The highest BCUT2D eigenvalue weighted by molar-refractivity contribution is 7.99. The quantitative estimate of drug-likeness (QED) is 0.352. The Labute approximate surface area is 183 Å². The van der Waals surface area contributed by atoms with E-state index in [1.807, 2.05) is 35.7 Å². The highest BCUT2D eigenvalue weighted by Crippen LogP contribution is 2.31. The van der Waals surface area contributed by atoms with Gasteiger partial charge < -0.3 is 11.2 Å². The summed E-state index contributed by atoms with van der Waals surface area (Å²) in [5.41, 5.74) is 1.51. The number of carbonyl (C=O) groups excluding carboxylic acids is 1. The fraction of sp³-hybridized carbons (Fsp3) is 0.409. The molecule has 1 fully saturated rings. The summed E-state index contributed by atoms with van der Waals surface area (Å²) in [4.78, 5) is 30.6. The molecule has 1 aliphatic carbocycles. The van der Waals surface area contributed by atoms with Crippen molar-refractivity contribution in [2.75, 3.05) is 11.6 Å². The fourth-order valence-electron chi connectivity index (χ4n) is 3.92. The number of rotatable bonds is 5. The lowest BCUT2D eigenvalue weighted by Crippen LogP contribution is -2.36. The second kappa shape index (κ2) is 9.66. The minimum atomic E-state index is -0.289. The minimum Gasteiger partial charge on any atom is -0.353 e. The number of hydrogen-bond donors (Lipinski definition) is 2. The van der Waals surface area contributed by atoms with Gasteiger partial charge in [0.05, 0.1) is 11.1 Å². The number of benzene rings is 1. The Morgan fingerprint density at radius 3 is 2.60 bits per heavy atom. The van der Waals surface area contributed by atoms with Crippen LogP contribution in [0, 0.1) is 0 Å². The molecule has 1 aliphatic rings. The summed E-state index contributed by atoms with van der Waals surface area (Å²) in [7, 11) is 0. The van der Waals surface area contributed by atoms with Crippen LogP contribution in [-0.4, -0.2) is 27.4 Å². The molecule has 0 saturated heterocycles. The molecule has 0 bridgehead atoms. The molecule has 6 nitrogen and oxygen atoms in total. The van der Waals surface area contributed by atoms with Crippen molar-refractivity contribution in [2.24, 2.45) is 0 Å². The molecule has 0 atom stereocenters. The highest BCUT2D eigenvalue weighted by atomic mass is 32.2. The Balaban J connectivity index is 1.48. The van der Waals surface area contributed by atoms with Crippen LogP contribution >= 0.6 is 23.1 Å². The molecule has 0 radical (unpaired) electrons. The molecule has 2 heterocycles. The largest absolute Gasteiger partial charge is 0.353 e. The zero-order valence-corrected chi connectivity index (χ0v) is 18.4. The van der Waals surface area contributed by atoms with E-state index in [-0.39, 0.29) is 23.3 Å². The topological polar surface area (TPSA) is 90.0 Å². The van der Waals surface area contributed by atoms with E-state index in [1.165, 1.54) is 55.2 Å². The molecule has 8 heteroatoms. The maximum absolute atomic E-state index is 12.9. The number of thiophene rings is 1. The Bertz CT molecular complexity index is 1070. The van der Waals surface area contributed by atoms with E-state index in [0.717, 1.165) is 28.6 Å². The summed E-state index contributed by atoms with van der Waals surface area (Å²) >= 11 is 2.63. The molecule has 3 aromatic rings. The third-order valence-electron chi connectivity index (χ3n) is 5.49. The number of nitrogens with two attached hydrogens (primary N) is 1. The van der Waals surface area contributed by atoms with Crippen molar-refractivity contribution in [3.05, 3.63) is 46.1 Å². The van der Waals surface area contributed by atoms with Crippen molar-refractivity contribution in [2.45, 2.75) is 56.1 Å². The lowest BCUT2D eigenvalue weighted by Gasteiger charge is -2.20. The average molecular weight is 443 g/mol. The molecule has 30 heavy (non-hydrogen) atoms. The summed E-state index contributed by atoms with van der Waals surface area (Å²) in [5, 5.41) is 5.96. The molecule has 0 unspecified atom stereocenters. The zero-order chi connectivity index (χ0) is 20.9. The van der Waals surface area contributed by atoms with Crippen LogP contribution < -0.4 is 16.7 Å². The molecule has 1 amide bonds. The number of hydrogen-bond acceptors (Lipinski definition) is 6. The van der Waals surface area contributed by atoms with Crippen molar-refractivity contribution < 1.29 is 4.79 Å². The van der Waals surface area contributed by atoms with Crippen molar-refractivity contribution >= 4 is 39.2 Å². The number of carbonyl (C=O) groups is 1. The number of thioether (sulfide) groups is 1. The Hall–Kier alpha value is -2.32. The van der Waals surface area contributed by atoms with Crippen molar-refractivity contribution in [1.29, 1.82) is 0 Å². The van der Waals surface area contributed by atoms with E-state index >= 15 is 0 Å². The smallest absolute Gasteiger partial charge is 0.282 e. The summed E-state index contributed by atoms with van der Waals surface area (Å²) in [6.07, 6.45) is 8.21. The summed E-state index contributed by atoms with van der Waals surface area (Å²) in [5.74, 6) is 6.22. The summed E-state index contributed by atoms with van der Waals surface area (Å²) in [6.45, 7) is 0. The van der Waals surface area contributed by atoms with Crippen molar-refractivity contribution in [1.82, 2.24) is 15.0 Å². The van der Waals surface area contributed by atoms with Gasteiger partial charge in [-0.2, -0.15) is 0 Å². The number of nitrogens with zero attached hydrogens (tertiary/aromatic N) is 2. The number of nitrogen functional groups attached to an aromatic ring is 1. The van der Waals surface area contributed by atoms with Gasteiger partial charge >= 0.3 is 0 Å². The van der Waals surface area contributed by atoms with E-state index in [1.54, 1.807) is 0 Å². The molecule has 3 N–H and O–H groups in total. The molecule has 0 spiro atoms. The van der Waals surface area contributed by atoms with Gasteiger partial charge in [-0.1, -0.05) is 74.2 Å². The molecule has 1 saturated carbocycles. The van der Waals surface area contributed by atoms with Crippen LogP contribution in [-0.2, 0) is 4.79 Å². The van der Waals surface area contributed by atoms with Crippen molar-refractivity contribution in [3.63, 3.8) is 0 Å². The summed E-state index contributed by atoms with van der Waals surface area (Å²) in [6, 6.07) is 9.99. The fourth-order valence-corrected chi connectivity index (χ4v) is 5.63. The number of aromatic nitrogens is 2. The maximum Gasteiger partial charge on any atom is 0.282 e. The van der Waals surface area contributed by atoms with Gasteiger partial charge in [0.1, 0.15) is 4.83 Å². The van der Waals surface area contributed by atoms with Gasteiger partial charge in [-0.15, -0.1) is 11.3 Å². The average Bonchev–Trinajstić information content (AvgIpc) is 3.16. The van der Waals surface area contributed by atoms with Gasteiger partial charge in [-0.25, -0.2) is 9.66 Å². The number of nitrogens with one attached hydrogen (secondary N) is 1. The third kappa shape index (κ3) is 4.70. The second-order valence-corrected chi connectivity index (χ2v) is 9.46. The first-order valence-corrected chi connectivity index (χ1v) is 12.3. The molecule has 2 aromatic heterocycles. The molecule has 1 aromatic carbocycles. The third-order valence-corrected chi connectivity index (χ3v) is 7.32. The van der Waals surface area contributed by atoms with E-state index in [4.69, 9.17) is 5.84 Å². The Kier molecular flexibility index (Phi) is 6.74. The van der Waals surface area contributed by atoms with Gasteiger partial charge in [0.2, 0.25) is 5.91 Å². The van der Waals surface area contributed by atoms with Crippen LogP contribution in [0.5, 0.6) is 0 Å². The van der Waals surface area contributed by atoms with E-state index in [2.05, 4.69) is 10.3 Å². The summed E-state index contributed by atoms with van der Waals surface area (Å²) < 4.78 is 1.06. The molecular formula is C22H26N4O2S2.